The molecule has 4 atom stereocenters. The number of carboxylic acids is 1. The average molecular weight is 895 g/mol. The first-order valence-corrected chi connectivity index (χ1v) is 25.7. The number of aliphatic carboxylic acids is 1. The highest BCUT2D eigenvalue weighted by Crippen LogP contribution is 2.49. The van der Waals surface area contributed by atoms with Crippen LogP contribution < -0.4 is 18.9 Å². The molecule has 364 valence electrons. The minimum absolute atomic E-state index is 0.102. The Morgan fingerprint density at radius 1 is 0.516 bits per heavy atom. The second-order valence-electron chi connectivity index (χ2n) is 18.8. The highest BCUT2D eigenvalue weighted by molar-refractivity contribution is 5.82. The molecule has 3 rings (SSSR count). The van der Waals surface area contributed by atoms with Gasteiger partial charge in [0, 0.05) is 24.0 Å². The molecule has 0 saturated heterocycles. The standard InChI is InChI=1S/C55H90O9/c1-7-9-22-28-44-34-35-45(47(46(44)30-23-10-8-2)31-25-19-14-12-11-13-15-20-26-32-52(57)58)29-24-18-16-17-21-27-33-53(59)64-41-43-37-49(55(63-6)51(39-43)61-4)48-36-42(40-56)38-50(60-3)54(48)62-5/h36-39,44-47,56H,7-35,40-41H2,1-6H3,(H,57,58). The first-order chi connectivity index (χ1) is 31.2. The van der Waals surface area contributed by atoms with Crippen LogP contribution in [0.1, 0.15) is 211 Å². The monoisotopic (exact) mass is 895 g/mol. The lowest BCUT2D eigenvalue weighted by molar-refractivity contribution is -0.145. The van der Waals surface area contributed by atoms with E-state index in [9.17, 15) is 14.7 Å². The third kappa shape index (κ3) is 19.6. The number of carbonyl (C=O) groups is 2. The summed E-state index contributed by atoms with van der Waals surface area (Å²) in [6.07, 6.45) is 35.3. The predicted molar refractivity (Wildman–Crippen MR) is 261 cm³/mol. The first-order valence-electron chi connectivity index (χ1n) is 25.7. The molecule has 2 aromatic carbocycles. The summed E-state index contributed by atoms with van der Waals surface area (Å²) < 4.78 is 28.5. The Kier molecular flexibility index (Phi) is 28.4. The fraction of sp³-hybridized carbons (Fsp3) is 0.745. The lowest BCUT2D eigenvalue weighted by Crippen LogP contribution is -2.35. The summed E-state index contributed by atoms with van der Waals surface area (Å²) in [6, 6.07) is 7.30. The van der Waals surface area contributed by atoms with Crippen LogP contribution in [0, 0.1) is 23.7 Å². The molecule has 9 heteroatoms. The van der Waals surface area contributed by atoms with Gasteiger partial charge in [-0.05, 0) is 97.6 Å². The van der Waals surface area contributed by atoms with E-state index in [-0.39, 0.29) is 19.2 Å². The first kappa shape index (κ1) is 54.9. The molecule has 2 aromatic rings. The maximum atomic E-state index is 12.9. The van der Waals surface area contributed by atoms with Crippen LogP contribution in [-0.4, -0.2) is 50.6 Å². The molecule has 2 N–H and O–H groups in total. The van der Waals surface area contributed by atoms with Crippen LogP contribution in [0.25, 0.3) is 11.1 Å². The molecule has 9 nitrogen and oxygen atoms in total. The molecule has 1 fully saturated rings. The van der Waals surface area contributed by atoms with Crippen molar-refractivity contribution in [3.8, 4) is 34.1 Å². The molecule has 0 radical (unpaired) electrons. The quantitative estimate of drug-likeness (QED) is 0.0504. The van der Waals surface area contributed by atoms with E-state index in [1.165, 1.54) is 141 Å². The SMILES string of the molecule is CCCCCC1CCC(CCCCCCCCC(=O)OCc2cc(OC)c(OC)c(-c3cc(CO)cc(OC)c3OC)c2)C(CCCCCCCCCCCC(=O)O)C1CCCCC. The number of rotatable bonds is 37. The van der Waals surface area contributed by atoms with Crippen LogP contribution in [0.5, 0.6) is 23.0 Å². The second kappa shape index (κ2) is 33.1. The molecular formula is C55H90O9. The van der Waals surface area contributed by atoms with Gasteiger partial charge in [0.25, 0.3) is 0 Å². The smallest absolute Gasteiger partial charge is 0.306 e. The summed E-state index contributed by atoms with van der Waals surface area (Å²) in [5, 5.41) is 18.8. The van der Waals surface area contributed by atoms with Gasteiger partial charge in [0.05, 0.1) is 35.0 Å². The van der Waals surface area contributed by atoms with Crippen LogP contribution in [-0.2, 0) is 27.5 Å². The Morgan fingerprint density at radius 2 is 0.922 bits per heavy atom. The fourth-order valence-corrected chi connectivity index (χ4v) is 10.6. The Bertz CT molecular complexity index is 1570. The molecule has 0 spiro atoms. The van der Waals surface area contributed by atoms with Gasteiger partial charge in [0.15, 0.2) is 23.0 Å². The van der Waals surface area contributed by atoms with E-state index >= 15 is 0 Å². The van der Waals surface area contributed by atoms with Crippen molar-refractivity contribution in [2.24, 2.45) is 23.7 Å². The van der Waals surface area contributed by atoms with E-state index in [0.717, 1.165) is 61.3 Å². The number of carboxylic acid groups (broad SMARTS) is 1. The van der Waals surface area contributed by atoms with E-state index in [0.29, 0.717) is 52.5 Å². The summed E-state index contributed by atoms with van der Waals surface area (Å²) in [7, 11) is 6.28. The summed E-state index contributed by atoms with van der Waals surface area (Å²) >= 11 is 0. The summed E-state index contributed by atoms with van der Waals surface area (Å²) in [6.45, 7) is 4.61. The number of aliphatic hydroxyl groups excluding tert-OH is 1. The van der Waals surface area contributed by atoms with E-state index in [1.807, 2.05) is 18.2 Å². The zero-order chi connectivity index (χ0) is 46.4. The van der Waals surface area contributed by atoms with Crippen molar-refractivity contribution in [2.45, 2.75) is 213 Å². The molecule has 0 heterocycles. The number of hydrogen-bond donors (Lipinski definition) is 2. The van der Waals surface area contributed by atoms with Gasteiger partial charge in [-0.25, -0.2) is 0 Å². The average Bonchev–Trinajstić information content (AvgIpc) is 3.30. The van der Waals surface area contributed by atoms with Crippen molar-refractivity contribution in [1.29, 1.82) is 0 Å². The number of benzene rings is 2. The van der Waals surface area contributed by atoms with Gasteiger partial charge in [0.1, 0.15) is 6.61 Å². The third-order valence-electron chi connectivity index (χ3n) is 14.1. The number of ether oxygens (including phenoxy) is 5. The van der Waals surface area contributed by atoms with E-state index in [2.05, 4.69) is 13.8 Å². The minimum atomic E-state index is -0.667. The molecule has 0 bridgehead atoms. The van der Waals surface area contributed by atoms with Crippen LogP contribution in [0.3, 0.4) is 0 Å². The third-order valence-corrected chi connectivity index (χ3v) is 14.1. The van der Waals surface area contributed by atoms with Crippen molar-refractivity contribution in [1.82, 2.24) is 0 Å². The van der Waals surface area contributed by atoms with Gasteiger partial charge >= 0.3 is 11.9 Å². The minimum Gasteiger partial charge on any atom is -0.493 e. The maximum Gasteiger partial charge on any atom is 0.306 e. The summed E-state index contributed by atoms with van der Waals surface area (Å²) in [5.74, 6) is 4.74. The van der Waals surface area contributed by atoms with Gasteiger partial charge in [-0.3, -0.25) is 9.59 Å². The molecule has 0 amide bonds. The summed E-state index contributed by atoms with van der Waals surface area (Å²) in [4.78, 5) is 23.7. The lowest BCUT2D eigenvalue weighted by atomic mass is 9.61. The topological polar surface area (TPSA) is 121 Å². The normalized spacial score (nSPS) is 17.3. The number of aliphatic hydroxyl groups is 1. The van der Waals surface area contributed by atoms with Crippen LogP contribution in [0.15, 0.2) is 24.3 Å². The zero-order valence-corrected chi connectivity index (χ0v) is 41.3. The molecule has 64 heavy (non-hydrogen) atoms. The van der Waals surface area contributed by atoms with Crippen molar-refractivity contribution in [3.05, 3.63) is 35.4 Å². The van der Waals surface area contributed by atoms with E-state index < -0.39 is 5.97 Å². The van der Waals surface area contributed by atoms with Crippen molar-refractivity contribution in [3.63, 3.8) is 0 Å². The molecule has 1 aliphatic carbocycles. The van der Waals surface area contributed by atoms with Gasteiger partial charge < -0.3 is 33.9 Å². The van der Waals surface area contributed by atoms with Crippen molar-refractivity contribution < 1.29 is 43.5 Å². The van der Waals surface area contributed by atoms with E-state index in [4.69, 9.17) is 28.8 Å². The fourth-order valence-electron chi connectivity index (χ4n) is 10.6. The summed E-state index contributed by atoms with van der Waals surface area (Å²) in [5.41, 5.74) is 2.76. The highest BCUT2D eigenvalue weighted by Gasteiger charge is 2.37. The van der Waals surface area contributed by atoms with Crippen LogP contribution in [0.4, 0.5) is 0 Å². The van der Waals surface area contributed by atoms with Crippen molar-refractivity contribution >= 4 is 11.9 Å². The Hall–Kier alpha value is -3.46. The van der Waals surface area contributed by atoms with Gasteiger partial charge in [-0.1, -0.05) is 149 Å². The molecule has 4 unspecified atom stereocenters. The second-order valence-corrected chi connectivity index (χ2v) is 18.8. The lowest BCUT2D eigenvalue weighted by Gasteiger charge is -2.44. The Morgan fingerprint density at radius 3 is 1.38 bits per heavy atom. The molecule has 1 saturated carbocycles. The van der Waals surface area contributed by atoms with Crippen molar-refractivity contribution in [2.75, 3.05) is 28.4 Å². The van der Waals surface area contributed by atoms with Gasteiger partial charge in [-0.15, -0.1) is 0 Å². The van der Waals surface area contributed by atoms with Crippen LogP contribution >= 0.6 is 0 Å². The van der Waals surface area contributed by atoms with Gasteiger partial charge in [0.2, 0.25) is 0 Å². The van der Waals surface area contributed by atoms with Gasteiger partial charge in [-0.2, -0.15) is 0 Å². The molecule has 0 aromatic heterocycles. The number of carbonyl (C=O) groups excluding carboxylic acids is 1. The highest BCUT2D eigenvalue weighted by atomic mass is 16.5. The number of hydrogen-bond acceptors (Lipinski definition) is 8. The van der Waals surface area contributed by atoms with Crippen LogP contribution in [0.2, 0.25) is 0 Å². The number of esters is 1. The Balaban J connectivity index is 1.46. The molecular weight excluding hydrogens is 805 g/mol. The molecule has 1 aliphatic rings. The predicted octanol–water partition coefficient (Wildman–Crippen LogP) is 14.8. The maximum absolute atomic E-state index is 12.9. The largest absolute Gasteiger partial charge is 0.493 e. The molecule has 0 aliphatic heterocycles. The number of unbranched alkanes of at least 4 members (excludes halogenated alkanes) is 17. The Labute approximate surface area is 389 Å². The zero-order valence-electron chi connectivity index (χ0n) is 41.3. The number of methoxy groups -OCH3 is 4. The van der Waals surface area contributed by atoms with E-state index in [1.54, 1.807) is 34.5 Å².